The fourth-order valence-electron chi connectivity index (χ4n) is 5.08. The van der Waals surface area contributed by atoms with E-state index in [1.54, 1.807) is 0 Å². The Balaban J connectivity index is 1.48. The van der Waals surface area contributed by atoms with Gasteiger partial charge in [-0.2, -0.15) is 0 Å². The molecule has 1 amide bonds. The molecule has 1 N–H and O–H groups in total. The summed E-state index contributed by atoms with van der Waals surface area (Å²) in [7, 11) is -0.499. The third kappa shape index (κ3) is 15.4. The second kappa shape index (κ2) is 21.3. The lowest BCUT2D eigenvalue weighted by Gasteiger charge is -2.19. The summed E-state index contributed by atoms with van der Waals surface area (Å²) in [5.41, 5.74) is 0. The van der Waals surface area contributed by atoms with E-state index in [0.717, 1.165) is 12.6 Å². The van der Waals surface area contributed by atoms with E-state index >= 15 is 0 Å². The molecule has 0 aliphatic rings. The lowest BCUT2D eigenvalue weighted by Crippen LogP contribution is -2.33. The maximum atomic E-state index is 12.7. The van der Waals surface area contributed by atoms with E-state index in [9.17, 15) is 4.79 Å². The van der Waals surface area contributed by atoms with Crippen LogP contribution in [0.15, 0.2) is 60.7 Å². The lowest BCUT2D eigenvalue weighted by atomic mass is 10.0. The van der Waals surface area contributed by atoms with Crippen molar-refractivity contribution in [2.45, 2.75) is 129 Å². The van der Waals surface area contributed by atoms with Gasteiger partial charge in [-0.1, -0.05) is 164 Å². The summed E-state index contributed by atoms with van der Waals surface area (Å²) in [6.07, 6.45) is 23.5. The minimum Gasteiger partial charge on any atom is -0.354 e. The van der Waals surface area contributed by atoms with Crippen molar-refractivity contribution >= 4 is 24.4 Å². The van der Waals surface area contributed by atoms with Crippen LogP contribution in [-0.2, 0) is 4.79 Å². The molecule has 1 unspecified atom stereocenters. The Hall–Kier alpha value is -1.66. The summed E-state index contributed by atoms with van der Waals surface area (Å²) in [5, 5.41) is 5.96. The van der Waals surface area contributed by atoms with Crippen LogP contribution in [0.4, 0.5) is 0 Å². The van der Waals surface area contributed by atoms with E-state index in [0.29, 0.717) is 6.42 Å². The molecule has 0 radical (unpaired) electrons. The summed E-state index contributed by atoms with van der Waals surface area (Å²) in [4.78, 5) is 12.7. The molecular weight excluding hydrogens is 469 g/mol. The Kier molecular flexibility index (Phi) is 18.2. The first-order valence-electron chi connectivity index (χ1n) is 15.4. The van der Waals surface area contributed by atoms with Crippen LogP contribution in [0, 0.1) is 0 Å². The summed E-state index contributed by atoms with van der Waals surface area (Å²) < 4.78 is 0. The summed E-state index contributed by atoms with van der Waals surface area (Å²) in [6.45, 7) is 4.45. The molecule has 2 nitrogen and oxygen atoms in total. The van der Waals surface area contributed by atoms with E-state index in [-0.39, 0.29) is 11.9 Å². The van der Waals surface area contributed by atoms with Gasteiger partial charge in [0.05, 0.1) is 0 Å². The van der Waals surface area contributed by atoms with Crippen LogP contribution in [-0.4, -0.2) is 18.1 Å². The van der Waals surface area contributed by atoms with Crippen molar-refractivity contribution in [2.75, 3.05) is 6.16 Å². The van der Waals surface area contributed by atoms with Gasteiger partial charge in [0, 0.05) is 12.5 Å². The Bertz CT molecular complexity index is 754. The van der Waals surface area contributed by atoms with Gasteiger partial charge in [0.25, 0.3) is 0 Å². The molecule has 0 heterocycles. The summed E-state index contributed by atoms with van der Waals surface area (Å²) in [6, 6.07) is 21.6. The van der Waals surface area contributed by atoms with Gasteiger partial charge in [0.2, 0.25) is 5.91 Å². The molecule has 3 heteroatoms. The second-order valence-corrected chi connectivity index (χ2v) is 13.1. The highest BCUT2D eigenvalue weighted by Gasteiger charge is 2.16. The molecule has 37 heavy (non-hydrogen) atoms. The molecule has 2 aromatic rings. The molecule has 0 spiro atoms. The molecule has 0 saturated carbocycles. The van der Waals surface area contributed by atoms with Crippen LogP contribution in [0.25, 0.3) is 0 Å². The number of amides is 1. The maximum absolute atomic E-state index is 12.7. The molecule has 206 valence electrons. The number of hydrogen-bond donors (Lipinski definition) is 1. The molecule has 2 aromatic carbocycles. The summed E-state index contributed by atoms with van der Waals surface area (Å²) in [5.74, 6) is 0.202. The Morgan fingerprint density at radius 3 is 1.49 bits per heavy atom. The van der Waals surface area contributed by atoms with Crippen LogP contribution in [0.5, 0.6) is 0 Å². The smallest absolute Gasteiger partial charge is 0.220 e. The molecule has 0 aromatic heterocycles. The van der Waals surface area contributed by atoms with Crippen molar-refractivity contribution in [3.8, 4) is 0 Å². The maximum Gasteiger partial charge on any atom is 0.220 e. The van der Waals surface area contributed by atoms with Crippen LogP contribution >= 0.6 is 7.92 Å². The van der Waals surface area contributed by atoms with Gasteiger partial charge < -0.3 is 5.32 Å². The first kappa shape index (κ1) is 31.6. The largest absolute Gasteiger partial charge is 0.354 e. The normalized spacial score (nSPS) is 12.1. The number of carbonyl (C=O) groups is 1. The van der Waals surface area contributed by atoms with Gasteiger partial charge in [-0.05, 0) is 38.0 Å². The van der Waals surface area contributed by atoms with Crippen molar-refractivity contribution in [1.29, 1.82) is 0 Å². The molecular formula is C34H54NOP. The second-order valence-electron chi connectivity index (χ2n) is 10.8. The Morgan fingerprint density at radius 1 is 0.649 bits per heavy atom. The van der Waals surface area contributed by atoms with Crippen molar-refractivity contribution in [2.24, 2.45) is 0 Å². The molecule has 0 aliphatic heterocycles. The average molecular weight is 524 g/mol. The minimum atomic E-state index is -0.499. The van der Waals surface area contributed by atoms with E-state index in [4.69, 9.17) is 0 Å². The monoisotopic (exact) mass is 523 g/mol. The average Bonchev–Trinajstić information content (AvgIpc) is 2.92. The van der Waals surface area contributed by atoms with Crippen LogP contribution in [0.2, 0.25) is 0 Å². The van der Waals surface area contributed by atoms with Gasteiger partial charge in [0.15, 0.2) is 0 Å². The predicted octanol–water partition coefficient (Wildman–Crippen LogP) is 9.28. The first-order valence-corrected chi connectivity index (χ1v) is 16.9. The molecule has 0 bridgehead atoms. The molecule has 2 rings (SSSR count). The molecule has 0 saturated heterocycles. The van der Waals surface area contributed by atoms with E-state index in [2.05, 4.69) is 79.8 Å². The summed E-state index contributed by atoms with van der Waals surface area (Å²) >= 11 is 0. The number of nitrogens with one attached hydrogen (secondary N) is 1. The number of benzene rings is 2. The topological polar surface area (TPSA) is 29.1 Å². The number of unbranched alkanes of at least 4 members (excludes halogenated alkanes) is 14. The molecule has 0 fully saturated rings. The minimum absolute atomic E-state index is 0.202. The van der Waals surface area contributed by atoms with Crippen molar-refractivity contribution in [1.82, 2.24) is 5.32 Å². The van der Waals surface area contributed by atoms with Crippen molar-refractivity contribution in [3.63, 3.8) is 0 Å². The van der Waals surface area contributed by atoms with Gasteiger partial charge in [0.1, 0.15) is 0 Å². The highest BCUT2D eigenvalue weighted by molar-refractivity contribution is 7.73. The zero-order chi connectivity index (χ0) is 26.4. The zero-order valence-electron chi connectivity index (χ0n) is 23.9. The fraction of sp³-hybridized carbons (Fsp3) is 0.618. The van der Waals surface area contributed by atoms with E-state index < -0.39 is 7.92 Å². The van der Waals surface area contributed by atoms with Gasteiger partial charge in [-0.15, -0.1) is 0 Å². The van der Waals surface area contributed by atoms with Gasteiger partial charge in [-0.3, -0.25) is 4.79 Å². The third-order valence-corrected chi connectivity index (χ3v) is 9.86. The van der Waals surface area contributed by atoms with Crippen LogP contribution in [0.1, 0.15) is 123 Å². The third-order valence-electron chi connectivity index (χ3n) is 7.35. The highest BCUT2D eigenvalue weighted by atomic mass is 31.1. The first-order chi connectivity index (χ1) is 18.2. The Morgan fingerprint density at radius 2 is 1.05 bits per heavy atom. The Labute approximate surface area is 230 Å². The van der Waals surface area contributed by atoms with E-state index in [1.165, 1.54) is 107 Å². The van der Waals surface area contributed by atoms with E-state index in [1.807, 2.05) is 0 Å². The lowest BCUT2D eigenvalue weighted by molar-refractivity contribution is -0.121. The van der Waals surface area contributed by atoms with Crippen molar-refractivity contribution < 1.29 is 4.79 Å². The number of hydrogen-bond acceptors (Lipinski definition) is 1. The van der Waals surface area contributed by atoms with Gasteiger partial charge >= 0.3 is 0 Å². The zero-order valence-corrected chi connectivity index (χ0v) is 24.8. The standard InChI is InChI=1S/C34H54NOP/c1-3-4-5-6-7-8-9-10-11-12-13-14-15-16-19-24-31(2)35-34(36)29-30-37(32-25-20-17-21-26-32)33-27-22-18-23-28-33/h17-18,20-23,25-28,31H,3-16,19,24,29-30H2,1-2H3,(H,35,36). The van der Waals surface area contributed by atoms with Crippen LogP contribution < -0.4 is 15.9 Å². The van der Waals surface area contributed by atoms with Gasteiger partial charge in [-0.25, -0.2) is 0 Å². The van der Waals surface area contributed by atoms with Crippen LogP contribution in [0.3, 0.4) is 0 Å². The van der Waals surface area contributed by atoms with Crippen molar-refractivity contribution in [3.05, 3.63) is 60.7 Å². The highest BCUT2D eigenvalue weighted by Crippen LogP contribution is 2.34. The fourth-order valence-corrected chi connectivity index (χ4v) is 7.38. The SMILES string of the molecule is CCCCCCCCCCCCCCCCCC(C)NC(=O)CCP(c1ccccc1)c1ccccc1. The number of rotatable bonds is 22. The predicted molar refractivity (Wildman–Crippen MR) is 166 cm³/mol. The molecule has 0 aliphatic carbocycles. The molecule has 1 atom stereocenters. The quantitative estimate of drug-likeness (QED) is 0.121. The number of carbonyl (C=O) groups excluding carboxylic acids is 1.